The third-order valence-corrected chi connectivity index (χ3v) is 3.73. The molecule has 0 saturated carbocycles. The van der Waals surface area contributed by atoms with Crippen LogP contribution >= 0.6 is 0 Å². The van der Waals surface area contributed by atoms with Gasteiger partial charge in [0.2, 0.25) is 0 Å². The first kappa shape index (κ1) is 13.2. The highest BCUT2D eigenvalue weighted by molar-refractivity contribution is 5.90. The maximum atomic E-state index is 12.8. The Morgan fingerprint density at radius 3 is 2.67 bits per heavy atom. The van der Waals surface area contributed by atoms with Gasteiger partial charge in [-0.2, -0.15) is 0 Å². The number of Topliss-reactive ketones (excluding diaryl/α,β-unsaturated/α-hetero) is 1. The van der Waals surface area contributed by atoms with Gasteiger partial charge in [0.05, 0.1) is 5.54 Å². The van der Waals surface area contributed by atoms with Crippen molar-refractivity contribution >= 4 is 5.78 Å². The summed E-state index contributed by atoms with van der Waals surface area (Å²) in [6.45, 7) is 3.03. The molecule has 1 unspecified atom stereocenters. The van der Waals surface area contributed by atoms with Gasteiger partial charge < -0.3 is 5.32 Å². The second kappa shape index (κ2) is 5.61. The van der Waals surface area contributed by atoms with E-state index < -0.39 is 0 Å². The average Bonchev–Trinajstić information content (AvgIpc) is 2.82. The van der Waals surface area contributed by atoms with Gasteiger partial charge in [-0.1, -0.05) is 25.5 Å². The minimum absolute atomic E-state index is 0.244. The molecule has 18 heavy (non-hydrogen) atoms. The van der Waals surface area contributed by atoms with Crippen molar-refractivity contribution in [3.05, 3.63) is 35.6 Å². The summed E-state index contributed by atoms with van der Waals surface area (Å²) >= 11 is 0. The second-order valence-corrected chi connectivity index (χ2v) is 5.09. The predicted octanol–water partition coefficient (Wildman–Crippen LogP) is 2.86. The first-order valence-electron chi connectivity index (χ1n) is 6.69. The third kappa shape index (κ3) is 2.78. The summed E-state index contributed by atoms with van der Waals surface area (Å²) < 4.78 is 12.8. The van der Waals surface area contributed by atoms with Crippen LogP contribution in [0.15, 0.2) is 24.3 Å². The Morgan fingerprint density at radius 1 is 1.39 bits per heavy atom. The van der Waals surface area contributed by atoms with Crippen molar-refractivity contribution in [2.75, 3.05) is 6.54 Å². The van der Waals surface area contributed by atoms with Gasteiger partial charge in [-0.25, -0.2) is 4.39 Å². The summed E-state index contributed by atoms with van der Waals surface area (Å²) in [4.78, 5) is 12.5. The Hall–Kier alpha value is -1.22. The van der Waals surface area contributed by atoms with Crippen LogP contribution in [0.5, 0.6) is 0 Å². The lowest BCUT2D eigenvalue weighted by Gasteiger charge is -2.27. The van der Waals surface area contributed by atoms with E-state index in [0.29, 0.717) is 6.42 Å². The highest BCUT2D eigenvalue weighted by Crippen LogP contribution is 2.27. The first-order valence-corrected chi connectivity index (χ1v) is 6.69. The summed E-state index contributed by atoms with van der Waals surface area (Å²) in [5, 5.41) is 3.38. The monoisotopic (exact) mass is 249 g/mol. The average molecular weight is 249 g/mol. The number of hydrogen-bond acceptors (Lipinski definition) is 2. The lowest BCUT2D eigenvalue weighted by Crippen LogP contribution is -2.48. The number of rotatable bonds is 5. The Morgan fingerprint density at radius 2 is 2.11 bits per heavy atom. The highest BCUT2D eigenvalue weighted by atomic mass is 19.1. The van der Waals surface area contributed by atoms with Crippen LogP contribution in [0, 0.1) is 5.82 Å². The molecule has 1 fully saturated rings. The van der Waals surface area contributed by atoms with Crippen LogP contribution in [0.4, 0.5) is 4.39 Å². The van der Waals surface area contributed by atoms with Crippen molar-refractivity contribution in [3.8, 4) is 0 Å². The van der Waals surface area contributed by atoms with Crippen molar-refractivity contribution < 1.29 is 9.18 Å². The fourth-order valence-corrected chi connectivity index (χ4v) is 2.78. The highest BCUT2D eigenvalue weighted by Gasteiger charge is 2.39. The molecule has 3 heteroatoms. The van der Waals surface area contributed by atoms with Crippen LogP contribution in [-0.2, 0) is 11.2 Å². The van der Waals surface area contributed by atoms with E-state index in [4.69, 9.17) is 0 Å². The lowest BCUT2D eigenvalue weighted by molar-refractivity contribution is -0.124. The number of benzene rings is 1. The molecule has 1 aliphatic heterocycles. The van der Waals surface area contributed by atoms with Crippen molar-refractivity contribution in [1.82, 2.24) is 5.32 Å². The number of hydrogen-bond donors (Lipinski definition) is 1. The van der Waals surface area contributed by atoms with E-state index >= 15 is 0 Å². The van der Waals surface area contributed by atoms with Crippen molar-refractivity contribution in [2.45, 2.75) is 44.6 Å². The van der Waals surface area contributed by atoms with E-state index in [1.807, 2.05) is 0 Å². The van der Waals surface area contributed by atoms with Crippen LogP contribution in [0.1, 0.15) is 38.2 Å². The van der Waals surface area contributed by atoms with E-state index in [9.17, 15) is 9.18 Å². The summed E-state index contributed by atoms with van der Waals surface area (Å²) in [7, 11) is 0. The van der Waals surface area contributed by atoms with Gasteiger partial charge in [-0.05, 0) is 43.5 Å². The molecule has 2 rings (SSSR count). The molecule has 1 N–H and O–H groups in total. The van der Waals surface area contributed by atoms with Gasteiger partial charge in [0.15, 0.2) is 5.78 Å². The Balaban J connectivity index is 2.07. The molecule has 1 aromatic carbocycles. The normalized spacial score (nSPS) is 23.2. The van der Waals surface area contributed by atoms with Gasteiger partial charge >= 0.3 is 0 Å². The Kier molecular flexibility index (Phi) is 4.12. The smallest absolute Gasteiger partial charge is 0.157 e. The quantitative estimate of drug-likeness (QED) is 0.869. The fraction of sp³-hybridized carbons (Fsp3) is 0.533. The fourth-order valence-electron chi connectivity index (χ4n) is 2.78. The topological polar surface area (TPSA) is 29.1 Å². The molecule has 98 valence electrons. The standard InChI is InChI=1S/C15H20FNO/c1-2-8-15(9-3-10-17-15)14(18)11-12-4-6-13(16)7-5-12/h4-7,17H,2-3,8-11H2,1H3. The van der Waals surface area contributed by atoms with Crippen LogP contribution in [0.3, 0.4) is 0 Å². The molecule has 0 radical (unpaired) electrons. The molecular weight excluding hydrogens is 229 g/mol. The molecule has 0 aliphatic carbocycles. The molecule has 0 bridgehead atoms. The minimum Gasteiger partial charge on any atom is -0.305 e. The van der Waals surface area contributed by atoms with Crippen molar-refractivity contribution in [3.63, 3.8) is 0 Å². The van der Waals surface area contributed by atoms with Crippen molar-refractivity contribution in [2.24, 2.45) is 0 Å². The summed E-state index contributed by atoms with van der Waals surface area (Å²) in [5.41, 5.74) is 0.564. The zero-order valence-corrected chi connectivity index (χ0v) is 10.8. The summed E-state index contributed by atoms with van der Waals surface area (Å²) in [5.74, 6) is -0.0121. The van der Waals surface area contributed by atoms with Crippen LogP contribution in [-0.4, -0.2) is 17.9 Å². The zero-order chi connectivity index (χ0) is 13.0. The molecular formula is C15H20FNO. The summed E-state index contributed by atoms with van der Waals surface area (Å²) in [6.07, 6.45) is 4.29. The van der Waals surface area contributed by atoms with Gasteiger partial charge in [0.25, 0.3) is 0 Å². The minimum atomic E-state index is -0.330. The first-order chi connectivity index (χ1) is 8.66. The van der Waals surface area contributed by atoms with Crippen LogP contribution in [0.25, 0.3) is 0 Å². The van der Waals surface area contributed by atoms with E-state index in [0.717, 1.165) is 37.8 Å². The van der Waals surface area contributed by atoms with E-state index in [-0.39, 0.29) is 17.1 Å². The Bertz CT molecular complexity index is 407. The van der Waals surface area contributed by atoms with E-state index in [1.54, 1.807) is 12.1 Å². The van der Waals surface area contributed by atoms with Crippen LogP contribution < -0.4 is 5.32 Å². The van der Waals surface area contributed by atoms with E-state index in [1.165, 1.54) is 12.1 Å². The maximum Gasteiger partial charge on any atom is 0.157 e. The molecule has 0 spiro atoms. The molecule has 1 heterocycles. The number of carbonyl (C=O) groups is 1. The van der Waals surface area contributed by atoms with E-state index in [2.05, 4.69) is 12.2 Å². The molecule has 1 aromatic rings. The molecule has 1 atom stereocenters. The molecule has 0 amide bonds. The molecule has 0 aromatic heterocycles. The number of halogens is 1. The largest absolute Gasteiger partial charge is 0.305 e. The maximum absolute atomic E-state index is 12.8. The SMILES string of the molecule is CCCC1(C(=O)Cc2ccc(F)cc2)CCCN1. The van der Waals surface area contributed by atoms with Crippen molar-refractivity contribution in [1.29, 1.82) is 0 Å². The number of ketones is 1. The molecule has 1 aliphatic rings. The predicted molar refractivity (Wildman–Crippen MR) is 70.0 cm³/mol. The Labute approximate surface area is 108 Å². The number of carbonyl (C=O) groups excluding carboxylic acids is 1. The lowest BCUT2D eigenvalue weighted by atomic mass is 9.84. The number of nitrogens with one attached hydrogen (secondary N) is 1. The van der Waals surface area contributed by atoms with Gasteiger partial charge in [-0.3, -0.25) is 4.79 Å². The zero-order valence-electron chi connectivity index (χ0n) is 10.8. The third-order valence-electron chi connectivity index (χ3n) is 3.73. The van der Waals surface area contributed by atoms with Gasteiger partial charge in [0, 0.05) is 6.42 Å². The summed E-state index contributed by atoms with van der Waals surface area (Å²) in [6, 6.07) is 6.22. The van der Waals surface area contributed by atoms with Gasteiger partial charge in [0.1, 0.15) is 5.82 Å². The second-order valence-electron chi connectivity index (χ2n) is 5.09. The molecule has 2 nitrogen and oxygen atoms in total. The van der Waals surface area contributed by atoms with Crippen LogP contribution in [0.2, 0.25) is 0 Å². The van der Waals surface area contributed by atoms with Gasteiger partial charge in [-0.15, -0.1) is 0 Å². The molecule has 1 saturated heterocycles.